The fraction of sp³-hybridized carbons (Fsp3) is 0.533. The second-order valence-electron chi connectivity index (χ2n) is 5.25. The van der Waals surface area contributed by atoms with E-state index < -0.39 is 12.0 Å². The van der Waals surface area contributed by atoms with Gasteiger partial charge in [0.15, 0.2) is 0 Å². The minimum atomic E-state index is -0.918. The molecule has 0 saturated heterocycles. The third kappa shape index (κ3) is 3.32. The Morgan fingerprint density at radius 2 is 2.05 bits per heavy atom. The van der Waals surface area contributed by atoms with E-state index in [1.54, 1.807) is 12.1 Å². The van der Waals surface area contributed by atoms with Crippen LogP contribution in [0, 0.1) is 5.82 Å². The van der Waals surface area contributed by atoms with Crippen molar-refractivity contribution in [2.75, 3.05) is 7.05 Å². The van der Waals surface area contributed by atoms with Crippen LogP contribution < -0.4 is 0 Å². The van der Waals surface area contributed by atoms with Gasteiger partial charge in [-0.15, -0.1) is 0 Å². The number of rotatable bonds is 4. The molecule has 19 heavy (non-hydrogen) atoms. The highest BCUT2D eigenvalue weighted by molar-refractivity contribution is 5.75. The van der Waals surface area contributed by atoms with Crippen molar-refractivity contribution in [3.8, 4) is 0 Å². The summed E-state index contributed by atoms with van der Waals surface area (Å²) < 4.78 is 13.3. The smallest absolute Gasteiger partial charge is 0.325 e. The Morgan fingerprint density at radius 3 is 2.63 bits per heavy atom. The van der Waals surface area contributed by atoms with Gasteiger partial charge >= 0.3 is 5.97 Å². The highest BCUT2D eigenvalue weighted by atomic mass is 19.1. The maximum atomic E-state index is 13.3. The van der Waals surface area contributed by atoms with Crippen molar-refractivity contribution < 1.29 is 14.3 Å². The highest BCUT2D eigenvalue weighted by Gasteiger charge is 2.30. The van der Waals surface area contributed by atoms with E-state index in [1.807, 2.05) is 11.9 Å². The largest absolute Gasteiger partial charge is 0.480 e. The lowest BCUT2D eigenvalue weighted by molar-refractivity contribution is -0.144. The van der Waals surface area contributed by atoms with E-state index >= 15 is 0 Å². The third-order valence-corrected chi connectivity index (χ3v) is 3.96. The van der Waals surface area contributed by atoms with Crippen molar-refractivity contribution >= 4 is 5.97 Å². The number of benzene rings is 1. The fourth-order valence-electron chi connectivity index (χ4n) is 2.93. The van der Waals surface area contributed by atoms with Gasteiger partial charge in [-0.1, -0.05) is 31.4 Å². The summed E-state index contributed by atoms with van der Waals surface area (Å²) in [5.41, 5.74) is 0.514. The summed E-state index contributed by atoms with van der Waals surface area (Å²) in [5, 5.41) is 9.45. The van der Waals surface area contributed by atoms with Crippen LogP contribution in [0.2, 0.25) is 0 Å². The van der Waals surface area contributed by atoms with E-state index in [-0.39, 0.29) is 11.9 Å². The molecule has 104 valence electrons. The third-order valence-electron chi connectivity index (χ3n) is 3.96. The van der Waals surface area contributed by atoms with E-state index in [0.717, 1.165) is 25.7 Å². The summed E-state index contributed by atoms with van der Waals surface area (Å²) in [6, 6.07) is 5.41. The van der Waals surface area contributed by atoms with E-state index in [0.29, 0.717) is 5.56 Å². The zero-order chi connectivity index (χ0) is 13.8. The average molecular weight is 265 g/mol. The van der Waals surface area contributed by atoms with Gasteiger partial charge in [-0.3, -0.25) is 9.69 Å². The lowest BCUT2D eigenvalue weighted by atomic mass is 9.92. The molecule has 1 aromatic rings. The second-order valence-corrected chi connectivity index (χ2v) is 5.25. The molecule has 0 aromatic heterocycles. The summed E-state index contributed by atoms with van der Waals surface area (Å²) in [4.78, 5) is 13.4. The molecule has 0 radical (unpaired) electrons. The lowest BCUT2D eigenvalue weighted by Crippen LogP contribution is -2.40. The number of carboxylic acid groups (broad SMARTS) is 1. The molecular weight excluding hydrogens is 245 g/mol. The molecule has 1 unspecified atom stereocenters. The molecule has 0 bridgehead atoms. The molecule has 1 atom stereocenters. The molecule has 4 heteroatoms. The van der Waals surface area contributed by atoms with Gasteiger partial charge in [0.2, 0.25) is 0 Å². The molecule has 1 N–H and O–H groups in total. The first kappa shape index (κ1) is 14.0. The first-order valence-corrected chi connectivity index (χ1v) is 6.80. The summed E-state index contributed by atoms with van der Waals surface area (Å²) in [6.07, 6.45) is 5.56. The van der Waals surface area contributed by atoms with Crippen LogP contribution >= 0.6 is 0 Å². The molecule has 3 nitrogen and oxygen atoms in total. The molecule has 1 aliphatic carbocycles. The predicted molar refractivity (Wildman–Crippen MR) is 71.4 cm³/mol. The topological polar surface area (TPSA) is 40.5 Å². The SMILES string of the molecule is CN(C1CCCCC1)C(C(=O)O)c1cccc(F)c1. The van der Waals surface area contributed by atoms with Crippen LogP contribution in [0.25, 0.3) is 0 Å². The van der Waals surface area contributed by atoms with Gasteiger partial charge in [0.05, 0.1) is 0 Å². The number of carbonyl (C=O) groups is 1. The number of carboxylic acids is 1. The van der Waals surface area contributed by atoms with Crippen LogP contribution in [0.3, 0.4) is 0 Å². The van der Waals surface area contributed by atoms with Crippen LogP contribution in [0.1, 0.15) is 43.7 Å². The van der Waals surface area contributed by atoms with Gasteiger partial charge in [0.1, 0.15) is 11.9 Å². The highest BCUT2D eigenvalue weighted by Crippen LogP contribution is 2.29. The molecule has 0 amide bonds. The van der Waals surface area contributed by atoms with Crippen LogP contribution in [0.5, 0.6) is 0 Å². The summed E-state index contributed by atoms with van der Waals surface area (Å²) >= 11 is 0. The Morgan fingerprint density at radius 1 is 1.37 bits per heavy atom. The van der Waals surface area contributed by atoms with Crippen molar-refractivity contribution in [2.24, 2.45) is 0 Å². The van der Waals surface area contributed by atoms with Crippen molar-refractivity contribution in [2.45, 2.75) is 44.2 Å². The van der Waals surface area contributed by atoms with Crippen molar-refractivity contribution in [1.82, 2.24) is 4.90 Å². The van der Waals surface area contributed by atoms with E-state index in [4.69, 9.17) is 0 Å². The first-order valence-electron chi connectivity index (χ1n) is 6.80. The number of hydrogen-bond acceptors (Lipinski definition) is 2. The standard InChI is InChI=1S/C15H20FNO2/c1-17(13-8-3-2-4-9-13)14(15(18)19)11-6-5-7-12(16)10-11/h5-7,10,13-14H,2-4,8-9H2,1H3,(H,18,19). The van der Waals surface area contributed by atoms with Gasteiger partial charge < -0.3 is 5.11 Å². The fourth-order valence-corrected chi connectivity index (χ4v) is 2.93. The van der Waals surface area contributed by atoms with E-state index in [2.05, 4.69) is 0 Å². The number of nitrogens with zero attached hydrogens (tertiary/aromatic N) is 1. The summed E-state index contributed by atoms with van der Waals surface area (Å²) in [7, 11) is 1.83. The van der Waals surface area contributed by atoms with Crippen LogP contribution in [-0.4, -0.2) is 29.1 Å². The number of likely N-dealkylation sites (N-methyl/N-ethyl adjacent to an activating group) is 1. The van der Waals surface area contributed by atoms with Gasteiger partial charge in [-0.2, -0.15) is 0 Å². The lowest BCUT2D eigenvalue weighted by Gasteiger charge is -2.35. The Labute approximate surface area is 113 Å². The molecule has 1 aliphatic rings. The van der Waals surface area contributed by atoms with Gasteiger partial charge in [-0.05, 0) is 37.6 Å². The summed E-state index contributed by atoms with van der Waals surface area (Å²) in [6.45, 7) is 0. The molecule has 0 heterocycles. The quantitative estimate of drug-likeness (QED) is 0.908. The Kier molecular flexibility index (Phi) is 4.53. The van der Waals surface area contributed by atoms with Crippen molar-refractivity contribution in [3.05, 3.63) is 35.6 Å². The maximum absolute atomic E-state index is 13.3. The molecule has 0 aliphatic heterocycles. The van der Waals surface area contributed by atoms with E-state index in [1.165, 1.54) is 18.6 Å². The zero-order valence-electron chi connectivity index (χ0n) is 11.2. The molecule has 1 aromatic carbocycles. The second kappa shape index (κ2) is 6.15. The van der Waals surface area contributed by atoms with Crippen molar-refractivity contribution in [3.63, 3.8) is 0 Å². The first-order chi connectivity index (χ1) is 9.09. The molecule has 1 saturated carbocycles. The van der Waals surface area contributed by atoms with Crippen LogP contribution in [0.15, 0.2) is 24.3 Å². The van der Waals surface area contributed by atoms with Crippen LogP contribution in [0.4, 0.5) is 4.39 Å². The van der Waals surface area contributed by atoms with E-state index in [9.17, 15) is 14.3 Å². The van der Waals surface area contributed by atoms with Gasteiger partial charge in [0, 0.05) is 6.04 Å². The minimum absolute atomic E-state index is 0.276. The predicted octanol–water partition coefficient (Wildman–Crippen LogP) is 3.22. The number of halogens is 1. The van der Waals surface area contributed by atoms with Gasteiger partial charge in [-0.25, -0.2) is 4.39 Å². The monoisotopic (exact) mass is 265 g/mol. The Balaban J connectivity index is 2.21. The zero-order valence-corrected chi connectivity index (χ0v) is 11.2. The molecular formula is C15H20FNO2. The average Bonchev–Trinajstić information content (AvgIpc) is 2.39. The number of hydrogen-bond donors (Lipinski definition) is 1. The Hall–Kier alpha value is -1.42. The molecule has 2 rings (SSSR count). The maximum Gasteiger partial charge on any atom is 0.325 e. The summed E-state index contributed by atoms with van der Waals surface area (Å²) in [5.74, 6) is -1.31. The van der Waals surface area contributed by atoms with Gasteiger partial charge in [0.25, 0.3) is 0 Å². The Bertz CT molecular complexity index is 444. The minimum Gasteiger partial charge on any atom is -0.480 e. The normalized spacial score (nSPS) is 18.5. The van der Waals surface area contributed by atoms with Crippen LogP contribution in [-0.2, 0) is 4.79 Å². The molecule has 1 fully saturated rings. The molecule has 0 spiro atoms. The van der Waals surface area contributed by atoms with Crippen molar-refractivity contribution in [1.29, 1.82) is 0 Å². The number of aliphatic carboxylic acids is 1.